The number of para-hydroxylation sites is 1. The van der Waals surface area contributed by atoms with Crippen LogP contribution in [0.4, 0.5) is 4.79 Å². The third-order valence-corrected chi connectivity index (χ3v) is 5.14. The summed E-state index contributed by atoms with van der Waals surface area (Å²) in [4.78, 5) is 41.0. The molecule has 144 valence electrons. The number of nitrogens with zero attached hydrogens (tertiary/aromatic N) is 2. The summed E-state index contributed by atoms with van der Waals surface area (Å²) in [6.45, 7) is 1.89. The van der Waals surface area contributed by atoms with Gasteiger partial charge in [-0.1, -0.05) is 41.6 Å². The third kappa shape index (κ3) is 4.18. The van der Waals surface area contributed by atoms with Gasteiger partial charge in [0.1, 0.15) is 0 Å². The molecule has 0 saturated heterocycles. The van der Waals surface area contributed by atoms with Crippen LogP contribution in [-0.4, -0.2) is 34.3 Å². The summed E-state index contributed by atoms with van der Waals surface area (Å²) in [5.74, 6) is -0.584. The van der Waals surface area contributed by atoms with Crippen LogP contribution in [0.2, 0.25) is 5.02 Å². The summed E-state index contributed by atoms with van der Waals surface area (Å²) >= 11 is 7.10. The molecule has 0 aliphatic rings. The zero-order valence-corrected chi connectivity index (χ0v) is 16.7. The number of amides is 3. The molecule has 0 radical (unpaired) electrons. The lowest BCUT2D eigenvalue weighted by Gasteiger charge is -2.15. The SMILES string of the molecule is CNC(=O)NC(=O)CSc1nc2cc(Cl)ccc2c(=O)n1-c1ccccc1C. The first-order chi connectivity index (χ1) is 13.4. The lowest BCUT2D eigenvalue weighted by Crippen LogP contribution is -2.38. The molecule has 0 saturated carbocycles. The minimum absolute atomic E-state index is 0.0855. The van der Waals surface area contributed by atoms with Crippen LogP contribution in [0.3, 0.4) is 0 Å². The molecule has 1 heterocycles. The van der Waals surface area contributed by atoms with Gasteiger partial charge in [-0.15, -0.1) is 0 Å². The van der Waals surface area contributed by atoms with E-state index < -0.39 is 11.9 Å². The molecule has 9 heteroatoms. The van der Waals surface area contributed by atoms with E-state index in [-0.39, 0.29) is 11.3 Å². The van der Waals surface area contributed by atoms with Crippen LogP contribution < -0.4 is 16.2 Å². The van der Waals surface area contributed by atoms with Crippen molar-refractivity contribution in [2.45, 2.75) is 12.1 Å². The highest BCUT2D eigenvalue weighted by atomic mass is 35.5. The summed E-state index contributed by atoms with van der Waals surface area (Å²) in [5.41, 5.74) is 1.74. The highest BCUT2D eigenvalue weighted by molar-refractivity contribution is 7.99. The number of hydrogen-bond donors (Lipinski definition) is 2. The van der Waals surface area contributed by atoms with Crippen LogP contribution in [0.5, 0.6) is 0 Å². The fraction of sp³-hybridized carbons (Fsp3) is 0.158. The molecular weight excluding hydrogens is 400 g/mol. The Bertz CT molecular complexity index is 1130. The van der Waals surface area contributed by atoms with E-state index in [4.69, 9.17) is 11.6 Å². The Balaban J connectivity index is 2.10. The van der Waals surface area contributed by atoms with Gasteiger partial charge >= 0.3 is 6.03 Å². The van der Waals surface area contributed by atoms with E-state index in [0.717, 1.165) is 17.3 Å². The lowest BCUT2D eigenvalue weighted by molar-refractivity contribution is -0.117. The predicted octanol–water partition coefficient (Wildman–Crippen LogP) is 2.90. The highest BCUT2D eigenvalue weighted by Crippen LogP contribution is 2.24. The number of halogens is 1. The number of carbonyl (C=O) groups is 2. The lowest BCUT2D eigenvalue weighted by atomic mass is 10.2. The quantitative estimate of drug-likeness (QED) is 0.504. The van der Waals surface area contributed by atoms with Crippen molar-refractivity contribution in [2.75, 3.05) is 12.8 Å². The Hall–Kier alpha value is -2.84. The van der Waals surface area contributed by atoms with E-state index in [2.05, 4.69) is 15.6 Å². The van der Waals surface area contributed by atoms with Crippen LogP contribution in [0.1, 0.15) is 5.56 Å². The van der Waals surface area contributed by atoms with Crippen molar-refractivity contribution in [3.63, 3.8) is 0 Å². The fourth-order valence-electron chi connectivity index (χ4n) is 2.62. The van der Waals surface area contributed by atoms with E-state index in [1.54, 1.807) is 18.2 Å². The fourth-order valence-corrected chi connectivity index (χ4v) is 3.59. The van der Waals surface area contributed by atoms with Crippen LogP contribution >= 0.6 is 23.4 Å². The smallest absolute Gasteiger partial charge is 0.321 e. The number of carbonyl (C=O) groups excluding carboxylic acids is 2. The monoisotopic (exact) mass is 416 g/mol. The number of hydrogen-bond acceptors (Lipinski definition) is 5. The van der Waals surface area contributed by atoms with E-state index in [0.29, 0.717) is 26.8 Å². The normalized spacial score (nSPS) is 10.7. The van der Waals surface area contributed by atoms with Crippen LogP contribution in [-0.2, 0) is 4.79 Å². The third-order valence-electron chi connectivity index (χ3n) is 3.97. The molecule has 2 N–H and O–H groups in total. The number of urea groups is 1. The molecule has 3 aromatic rings. The second kappa shape index (κ2) is 8.45. The molecule has 0 spiro atoms. The second-order valence-electron chi connectivity index (χ2n) is 5.90. The van der Waals surface area contributed by atoms with Crippen LogP contribution in [0.15, 0.2) is 52.4 Å². The van der Waals surface area contributed by atoms with E-state index in [9.17, 15) is 14.4 Å². The molecule has 0 bridgehead atoms. The number of fused-ring (bicyclic) bond motifs is 1. The average molecular weight is 417 g/mol. The number of benzene rings is 2. The topological polar surface area (TPSA) is 93.1 Å². The van der Waals surface area contributed by atoms with Crippen LogP contribution in [0, 0.1) is 6.92 Å². The summed E-state index contributed by atoms with van der Waals surface area (Å²) < 4.78 is 1.48. The molecule has 28 heavy (non-hydrogen) atoms. The first-order valence-electron chi connectivity index (χ1n) is 8.33. The van der Waals surface area contributed by atoms with Gasteiger partial charge in [0.15, 0.2) is 5.16 Å². The molecule has 2 aromatic carbocycles. The van der Waals surface area contributed by atoms with Gasteiger partial charge in [-0.2, -0.15) is 0 Å². The first-order valence-corrected chi connectivity index (χ1v) is 9.69. The van der Waals surface area contributed by atoms with Crippen LogP contribution in [0.25, 0.3) is 16.6 Å². The largest absolute Gasteiger partial charge is 0.341 e. The number of imide groups is 1. The van der Waals surface area contributed by atoms with Crippen molar-refractivity contribution in [1.82, 2.24) is 20.2 Å². The van der Waals surface area contributed by atoms with E-state index in [1.807, 2.05) is 31.2 Å². The van der Waals surface area contributed by atoms with Gasteiger partial charge in [-0.25, -0.2) is 9.78 Å². The summed E-state index contributed by atoms with van der Waals surface area (Å²) in [5, 5.41) is 5.71. The Morgan fingerprint density at radius 2 is 1.96 bits per heavy atom. The number of aromatic nitrogens is 2. The Labute approximate surface area is 170 Å². The maximum absolute atomic E-state index is 13.2. The van der Waals surface area contributed by atoms with E-state index in [1.165, 1.54) is 11.6 Å². The molecule has 0 atom stereocenters. The van der Waals surface area contributed by atoms with E-state index >= 15 is 0 Å². The zero-order valence-electron chi connectivity index (χ0n) is 15.2. The van der Waals surface area contributed by atoms with Crippen molar-refractivity contribution in [1.29, 1.82) is 0 Å². The van der Waals surface area contributed by atoms with Crippen molar-refractivity contribution in [2.24, 2.45) is 0 Å². The Morgan fingerprint density at radius 1 is 1.21 bits per heavy atom. The highest BCUT2D eigenvalue weighted by Gasteiger charge is 2.17. The maximum Gasteiger partial charge on any atom is 0.321 e. The molecule has 0 aliphatic carbocycles. The molecule has 1 aromatic heterocycles. The minimum atomic E-state index is -0.597. The standard InChI is InChI=1S/C19H17ClN4O3S/c1-11-5-3-4-6-15(11)24-17(26)13-8-7-12(20)9-14(13)22-19(24)28-10-16(25)23-18(27)21-2/h3-9H,10H2,1-2H3,(H2,21,23,25,27). The molecule has 0 unspecified atom stereocenters. The molecule has 0 fully saturated rings. The first kappa shape index (κ1) is 19.9. The number of thioether (sulfide) groups is 1. The summed E-state index contributed by atoms with van der Waals surface area (Å²) in [6, 6.07) is 11.7. The Morgan fingerprint density at radius 3 is 2.68 bits per heavy atom. The van der Waals surface area contributed by atoms with Crippen molar-refractivity contribution >= 4 is 46.2 Å². The van der Waals surface area contributed by atoms with Gasteiger partial charge in [0, 0.05) is 12.1 Å². The number of rotatable bonds is 4. The second-order valence-corrected chi connectivity index (χ2v) is 7.28. The summed E-state index contributed by atoms with van der Waals surface area (Å²) in [7, 11) is 1.42. The predicted molar refractivity (Wildman–Crippen MR) is 110 cm³/mol. The Kier molecular flexibility index (Phi) is 6.01. The number of aryl methyl sites for hydroxylation is 1. The maximum atomic E-state index is 13.2. The van der Waals surface area contributed by atoms with Gasteiger partial charge in [0.2, 0.25) is 5.91 Å². The van der Waals surface area contributed by atoms with Gasteiger partial charge in [0.25, 0.3) is 5.56 Å². The van der Waals surface area contributed by atoms with Crippen molar-refractivity contribution in [3.8, 4) is 5.69 Å². The average Bonchev–Trinajstić information content (AvgIpc) is 2.67. The van der Waals surface area contributed by atoms with Gasteiger partial charge in [-0.3, -0.25) is 19.5 Å². The van der Waals surface area contributed by atoms with Gasteiger partial charge in [-0.05, 0) is 36.8 Å². The van der Waals surface area contributed by atoms with Crippen molar-refractivity contribution < 1.29 is 9.59 Å². The van der Waals surface area contributed by atoms with Crippen molar-refractivity contribution in [3.05, 3.63) is 63.4 Å². The minimum Gasteiger partial charge on any atom is -0.341 e. The van der Waals surface area contributed by atoms with Gasteiger partial charge < -0.3 is 5.32 Å². The molecule has 7 nitrogen and oxygen atoms in total. The number of nitrogens with one attached hydrogen (secondary N) is 2. The van der Waals surface area contributed by atoms with Gasteiger partial charge in [0.05, 0.1) is 22.3 Å². The summed E-state index contributed by atoms with van der Waals surface area (Å²) in [6.07, 6.45) is 0. The molecule has 3 rings (SSSR count). The molecule has 3 amide bonds. The molecular formula is C19H17ClN4O3S. The zero-order chi connectivity index (χ0) is 20.3. The molecule has 0 aliphatic heterocycles.